The number of rotatable bonds is 5. The second kappa shape index (κ2) is 5.12. The van der Waals surface area contributed by atoms with E-state index in [1.165, 1.54) is 0 Å². The SMILES string of the molecule is N[C@H](CO)C(=O)NCCS(=O)(=O)O. The van der Waals surface area contributed by atoms with Crippen LogP contribution >= 0.6 is 0 Å². The molecule has 0 aromatic rings. The monoisotopic (exact) mass is 212 g/mol. The Labute approximate surface area is 75.7 Å². The van der Waals surface area contributed by atoms with E-state index in [1.807, 2.05) is 0 Å². The van der Waals surface area contributed by atoms with E-state index in [0.717, 1.165) is 0 Å². The van der Waals surface area contributed by atoms with Crippen molar-refractivity contribution in [2.75, 3.05) is 18.9 Å². The lowest BCUT2D eigenvalue weighted by atomic mass is 10.3. The van der Waals surface area contributed by atoms with Crippen molar-refractivity contribution >= 4 is 16.0 Å². The topological polar surface area (TPSA) is 130 Å². The number of nitrogens with two attached hydrogens (primary N) is 1. The molecule has 0 aromatic carbocycles. The molecule has 0 bridgehead atoms. The third-order valence-corrected chi connectivity index (χ3v) is 1.91. The Kier molecular flexibility index (Phi) is 4.85. The summed E-state index contributed by atoms with van der Waals surface area (Å²) in [7, 11) is -4.07. The number of nitrogens with one attached hydrogen (secondary N) is 1. The van der Waals surface area contributed by atoms with Gasteiger partial charge in [0.1, 0.15) is 6.04 Å². The maximum atomic E-state index is 10.8. The van der Waals surface area contributed by atoms with Crippen LogP contribution in [0.15, 0.2) is 0 Å². The molecule has 7 nitrogen and oxygen atoms in total. The molecule has 0 aliphatic rings. The molecule has 0 spiro atoms. The van der Waals surface area contributed by atoms with E-state index >= 15 is 0 Å². The molecule has 0 aliphatic heterocycles. The van der Waals surface area contributed by atoms with Crippen molar-refractivity contribution in [3.05, 3.63) is 0 Å². The Morgan fingerprint density at radius 3 is 2.46 bits per heavy atom. The highest BCUT2D eigenvalue weighted by Gasteiger charge is 2.12. The Morgan fingerprint density at radius 1 is 1.54 bits per heavy atom. The molecule has 0 aliphatic carbocycles. The molecule has 0 aromatic heterocycles. The van der Waals surface area contributed by atoms with Crippen molar-refractivity contribution in [2.24, 2.45) is 5.73 Å². The Morgan fingerprint density at radius 2 is 2.08 bits per heavy atom. The zero-order valence-electron chi connectivity index (χ0n) is 6.80. The minimum atomic E-state index is -4.07. The molecule has 1 amide bonds. The number of carbonyl (C=O) groups is 1. The first-order chi connectivity index (χ1) is 5.87. The highest BCUT2D eigenvalue weighted by molar-refractivity contribution is 7.85. The highest BCUT2D eigenvalue weighted by Crippen LogP contribution is 1.80. The van der Waals surface area contributed by atoms with Gasteiger partial charge in [-0.1, -0.05) is 0 Å². The molecule has 78 valence electrons. The van der Waals surface area contributed by atoms with Gasteiger partial charge in [-0.05, 0) is 0 Å². The summed E-state index contributed by atoms with van der Waals surface area (Å²) in [4.78, 5) is 10.8. The van der Waals surface area contributed by atoms with E-state index < -0.39 is 34.4 Å². The fourth-order valence-corrected chi connectivity index (χ4v) is 0.877. The average molecular weight is 212 g/mol. The molecule has 13 heavy (non-hydrogen) atoms. The number of aliphatic hydroxyl groups is 1. The zero-order chi connectivity index (χ0) is 10.5. The first-order valence-corrected chi connectivity index (χ1v) is 5.07. The van der Waals surface area contributed by atoms with Gasteiger partial charge >= 0.3 is 0 Å². The van der Waals surface area contributed by atoms with Crippen molar-refractivity contribution in [2.45, 2.75) is 6.04 Å². The average Bonchev–Trinajstić information content (AvgIpc) is 2.00. The molecule has 0 unspecified atom stereocenters. The third-order valence-electron chi connectivity index (χ3n) is 1.19. The van der Waals surface area contributed by atoms with Gasteiger partial charge in [-0.25, -0.2) is 0 Å². The van der Waals surface area contributed by atoms with Crippen LogP contribution in [0.1, 0.15) is 0 Å². The number of hydrogen-bond donors (Lipinski definition) is 4. The Bertz CT molecular complexity index is 262. The second-order valence-electron chi connectivity index (χ2n) is 2.37. The first-order valence-electron chi connectivity index (χ1n) is 3.46. The lowest BCUT2D eigenvalue weighted by molar-refractivity contribution is -0.123. The van der Waals surface area contributed by atoms with Gasteiger partial charge in [0.05, 0.1) is 12.4 Å². The number of hydrogen-bond acceptors (Lipinski definition) is 5. The maximum absolute atomic E-state index is 10.8. The molecule has 8 heteroatoms. The van der Waals surface area contributed by atoms with Crippen LogP contribution in [-0.2, 0) is 14.9 Å². The van der Waals surface area contributed by atoms with E-state index in [2.05, 4.69) is 5.32 Å². The van der Waals surface area contributed by atoms with Crippen molar-refractivity contribution < 1.29 is 22.9 Å². The number of amides is 1. The van der Waals surface area contributed by atoms with E-state index in [4.69, 9.17) is 15.4 Å². The minimum Gasteiger partial charge on any atom is -0.394 e. The first kappa shape index (κ1) is 12.3. The molecule has 0 saturated carbocycles. The Balaban J connectivity index is 3.72. The van der Waals surface area contributed by atoms with Gasteiger partial charge in [-0.3, -0.25) is 9.35 Å². The molecule has 1 atom stereocenters. The van der Waals surface area contributed by atoms with Crippen LogP contribution < -0.4 is 11.1 Å². The molecule has 0 fully saturated rings. The highest BCUT2D eigenvalue weighted by atomic mass is 32.2. The maximum Gasteiger partial charge on any atom is 0.266 e. The summed E-state index contributed by atoms with van der Waals surface area (Å²) >= 11 is 0. The van der Waals surface area contributed by atoms with E-state index in [0.29, 0.717) is 0 Å². The van der Waals surface area contributed by atoms with Crippen LogP contribution in [0.25, 0.3) is 0 Å². The zero-order valence-corrected chi connectivity index (χ0v) is 7.62. The van der Waals surface area contributed by atoms with Gasteiger partial charge in [-0.2, -0.15) is 8.42 Å². The van der Waals surface area contributed by atoms with Gasteiger partial charge < -0.3 is 16.2 Å². The second-order valence-corrected chi connectivity index (χ2v) is 3.94. The summed E-state index contributed by atoms with van der Waals surface area (Å²) in [6.07, 6.45) is 0. The van der Waals surface area contributed by atoms with Gasteiger partial charge in [0.25, 0.3) is 10.1 Å². The normalized spacial score (nSPS) is 13.8. The predicted molar refractivity (Wildman–Crippen MR) is 44.5 cm³/mol. The third kappa shape index (κ3) is 6.46. The Hall–Kier alpha value is -0.700. The van der Waals surface area contributed by atoms with Crippen molar-refractivity contribution in [1.29, 1.82) is 0 Å². The van der Waals surface area contributed by atoms with Crippen molar-refractivity contribution in [1.82, 2.24) is 5.32 Å². The van der Waals surface area contributed by atoms with Gasteiger partial charge in [0, 0.05) is 6.54 Å². The lowest BCUT2D eigenvalue weighted by Gasteiger charge is -2.07. The summed E-state index contributed by atoms with van der Waals surface area (Å²) in [6.45, 7) is -0.747. The summed E-state index contributed by atoms with van der Waals surface area (Å²) in [5.41, 5.74) is 5.09. The summed E-state index contributed by atoms with van der Waals surface area (Å²) in [5.74, 6) is -1.23. The summed E-state index contributed by atoms with van der Waals surface area (Å²) in [5, 5.41) is 10.5. The largest absolute Gasteiger partial charge is 0.394 e. The van der Waals surface area contributed by atoms with Crippen LogP contribution in [0.5, 0.6) is 0 Å². The summed E-state index contributed by atoms with van der Waals surface area (Å²) in [6, 6.07) is -1.07. The molecular weight excluding hydrogens is 200 g/mol. The summed E-state index contributed by atoms with van der Waals surface area (Å²) < 4.78 is 28.6. The van der Waals surface area contributed by atoms with Crippen LogP contribution in [-0.4, -0.2) is 48.9 Å². The van der Waals surface area contributed by atoms with Crippen LogP contribution in [0.2, 0.25) is 0 Å². The standard InChI is InChI=1S/C5H12N2O5S/c6-4(3-8)5(9)7-1-2-13(10,11)12/h4,8H,1-3,6H2,(H,7,9)(H,10,11,12)/t4-/m1/s1. The van der Waals surface area contributed by atoms with Gasteiger partial charge in [-0.15, -0.1) is 0 Å². The van der Waals surface area contributed by atoms with Crippen LogP contribution in [0, 0.1) is 0 Å². The predicted octanol–water partition coefficient (Wildman–Crippen LogP) is -2.69. The number of aliphatic hydroxyl groups excluding tert-OH is 1. The fraction of sp³-hybridized carbons (Fsp3) is 0.800. The minimum absolute atomic E-state index is 0.231. The van der Waals surface area contributed by atoms with Gasteiger partial charge in [0.15, 0.2) is 0 Å². The molecule has 0 heterocycles. The van der Waals surface area contributed by atoms with Crippen molar-refractivity contribution in [3.8, 4) is 0 Å². The molecule has 5 N–H and O–H groups in total. The smallest absolute Gasteiger partial charge is 0.266 e. The van der Waals surface area contributed by atoms with Gasteiger partial charge in [0.2, 0.25) is 5.91 Å². The fourth-order valence-electron chi connectivity index (χ4n) is 0.517. The molecule has 0 saturated heterocycles. The van der Waals surface area contributed by atoms with E-state index in [9.17, 15) is 13.2 Å². The number of carbonyl (C=O) groups excluding carboxylic acids is 1. The van der Waals surface area contributed by atoms with E-state index in [1.54, 1.807) is 0 Å². The lowest BCUT2D eigenvalue weighted by Crippen LogP contribution is -2.44. The molecular formula is C5H12N2O5S. The molecule has 0 radical (unpaired) electrons. The van der Waals surface area contributed by atoms with Crippen molar-refractivity contribution in [3.63, 3.8) is 0 Å². The quantitative estimate of drug-likeness (QED) is 0.367. The molecule has 0 rings (SSSR count). The van der Waals surface area contributed by atoms with E-state index in [-0.39, 0.29) is 6.54 Å². The van der Waals surface area contributed by atoms with Crippen LogP contribution in [0.3, 0.4) is 0 Å². The van der Waals surface area contributed by atoms with Crippen LogP contribution in [0.4, 0.5) is 0 Å².